The first-order valence-corrected chi connectivity index (χ1v) is 4.55. The molecule has 0 spiro atoms. The van der Waals surface area contributed by atoms with E-state index >= 15 is 0 Å². The molecule has 0 fully saturated rings. The van der Waals surface area contributed by atoms with Crippen molar-refractivity contribution < 1.29 is 4.92 Å². The Kier molecular flexibility index (Phi) is 4.25. The van der Waals surface area contributed by atoms with Crippen molar-refractivity contribution in [3.05, 3.63) is 56.0 Å². The minimum absolute atomic E-state index is 0.119. The monoisotopic (exact) mass is 229 g/mol. The number of nitriles is 1. The van der Waals surface area contributed by atoms with Crippen molar-refractivity contribution in [3.63, 3.8) is 0 Å². The average Bonchev–Trinajstić information content (AvgIpc) is 2.34. The summed E-state index contributed by atoms with van der Waals surface area (Å²) in [5, 5.41) is 22.7. The molecule has 0 aliphatic carbocycles. The summed E-state index contributed by atoms with van der Waals surface area (Å²) in [6.45, 7) is 0.119. The number of azide groups is 1. The van der Waals surface area contributed by atoms with Gasteiger partial charge in [0.15, 0.2) is 0 Å². The van der Waals surface area contributed by atoms with Crippen LogP contribution in [-0.4, -0.2) is 11.5 Å². The molecule has 0 aromatic heterocycles. The molecule has 0 aliphatic rings. The van der Waals surface area contributed by atoms with Crippen LogP contribution in [0.15, 0.2) is 29.4 Å². The number of nitro groups is 1. The van der Waals surface area contributed by atoms with Gasteiger partial charge in [-0.15, -0.1) is 0 Å². The molecule has 0 N–H and O–H groups in total. The maximum Gasteiger partial charge on any atom is 0.277 e. The lowest BCUT2D eigenvalue weighted by Crippen LogP contribution is -1.92. The highest BCUT2D eigenvalue weighted by molar-refractivity contribution is 5.63. The molecule has 0 bridgehead atoms. The predicted molar refractivity (Wildman–Crippen MR) is 60.9 cm³/mol. The maximum absolute atomic E-state index is 10.8. The highest BCUT2D eigenvalue weighted by Gasteiger charge is 2.11. The second kappa shape index (κ2) is 5.90. The summed E-state index contributed by atoms with van der Waals surface area (Å²) in [4.78, 5) is 12.7. The lowest BCUT2D eigenvalue weighted by molar-refractivity contribution is -0.385. The normalized spacial score (nSPS) is 9.59. The fraction of sp³-hybridized carbons (Fsp3) is 0.100. The van der Waals surface area contributed by atoms with Crippen LogP contribution in [0.5, 0.6) is 0 Å². The van der Waals surface area contributed by atoms with Gasteiger partial charge in [-0.05, 0) is 17.7 Å². The lowest BCUT2D eigenvalue weighted by Gasteiger charge is -1.97. The molecule has 1 rings (SSSR count). The first kappa shape index (κ1) is 12.2. The first-order valence-electron chi connectivity index (χ1n) is 4.55. The van der Waals surface area contributed by atoms with Crippen LogP contribution in [0, 0.1) is 21.4 Å². The molecule has 1 aromatic rings. The third-order valence-corrected chi connectivity index (χ3v) is 1.90. The third kappa shape index (κ3) is 3.34. The highest BCUT2D eigenvalue weighted by atomic mass is 16.6. The average molecular weight is 229 g/mol. The molecule has 0 saturated heterocycles. The standard InChI is InChI=1S/C10H7N5O2/c11-7-8-3-4-9(2-1-5-13-14-12)10(6-8)15(16)17/h1-4,6H,5H2. The quantitative estimate of drug-likeness (QED) is 0.259. The molecule has 0 radical (unpaired) electrons. The predicted octanol–water partition coefficient (Wildman–Crippen LogP) is 2.79. The van der Waals surface area contributed by atoms with Gasteiger partial charge in [0.1, 0.15) is 0 Å². The van der Waals surface area contributed by atoms with Crippen molar-refractivity contribution in [3.8, 4) is 6.07 Å². The summed E-state index contributed by atoms with van der Waals surface area (Å²) in [5.41, 5.74) is 8.49. The third-order valence-electron chi connectivity index (χ3n) is 1.90. The van der Waals surface area contributed by atoms with Crippen LogP contribution in [0.1, 0.15) is 11.1 Å². The molecule has 0 heterocycles. The van der Waals surface area contributed by atoms with E-state index in [1.807, 2.05) is 6.07 Å². The van der Waals surface area contributed by atoms with Crippen molar-refractivity contribution in [1.82, 2.24) is 0 Å². The number of rotatable bonds is 4. The Morgan fingerprint density at radius 3 is 3.00 bits per heavy atom. The number of hydrogen-bond acceptors (Lipinski definition) is 4. The molecule has 1 aromatic carbocycles. The van der Waals surface area contributed by atoms with E-state index in [1.165, 1.54) is 30.4 Å². The van der Waals surface area contributed by atoms with Crippen LogP contribution < -0.4 is 0 Å². The van der Waals surface area contributed by atoms with Crippen LogP contribution in [0.4, 0.5) is 5.69 Å². The SMILES string of the molecule is N#Cc1ccc(C=CCN=[N+]=[N-])c([N+](=O)[O-])c1. The number of hydrogen-bond donors (Lipinski definition) is 0. The molecule has 0 aliphatic heterocycles. The smallest absolute Gasteiger partial charge is 0.258 e. The van der Waals surface area contributed by atoms with Gasteiger partial charge in [0.2, 0.25) is 0 Å². The van der Waals surface area contributed by atoms with E-state index in [0.717, 1.165) is 0 Å². The van der Waals surface area contributed by atoms with Crippen molar-refractivity contribution in [2.75, 3.05) is 6.54 Å². The van der Waals surface area contributed by atoms with E-state index in [4.69, 9.17) is 10.8 Å². The minimum Gasteiger partial charge on any atom is -0.258 e. The molecule has 84 valence electrons. The van der Waals surface area contributed by atoms with E-state index in [-0.39, 0.29) is 17.8 Å². The van der Waals surface area contributed by atoms with Gasteiger partial charge in [-0.3, -0.25) is 10.1 Å². The molecule has 0 amide bonds. The summed E-state index contributed by atoms with van der Waals surface area (Å²) in [7, 11) is 0. The highest BCUT2D eigenvalue weighted by Crippen LogP contribution is 2.21. The second-order valence-corrected chi connectivity index (χ2v) is 2.96. The zero-order valence-electron chi connectivity index (χ0n) is 8.65. The van der Waals surface area contributed by atoms with Gasteiger partial charge >= 0.3 is 0 Å². The summed E-state index contributed by atoms with van der Waals surface area (Å²) in [6.07, 6.45) is 2.99. The number of benzene rings is 1. The Balaban J connectivity index is 3.07. The van der Waals surface area contributed by atoms with E-state index in [1.54, 1.807) is 0 Å². The van der Waals surface area contributed by atoms with Gasteiger partial charge in [-0.1, -0.05) is 17.3 Å². The van der Waals surface area contributed by atoms with Gasteiger partial charge in [0, 0.05) is 17.5 Å². The maximum atomic E-state index is 10.8. The van der Waals surface area contributed by atoms with Crippen molar-refractivity contribution in [2.24, 2.45) is 5.11 Å². The molecule has 0 saturated carbocycles. The van der Waals surface area contributed by atoms with Crippen LogP contribution in [0.25, 0.3) is 16.5 Å². The number of nitrogens with zero attached hydrogens (tertiary/aromatic N) is 5. The van der Waals surface area contributed by atoms with E-state index in [2.05, 4.69) is 10.0 Å². The van der Waals surface area contributed by atoms with Crippen LogP contribution in [0.3, 0.4) is 0 Å². The largest absolute Gasteiger partial charge is 0.277 e. The van der Waals surface area contributed by atoms with Gasteiger partial charge in [0.25, 0.3) is 5.69 Å². The number of nitro benzene ring substituents is 1. The zero-order chi connectivity index (χ0) is 12.7. The summed E-state index contributed by atoms with van der Waals surface area (Å²) < 4.78 is 0. The molecule has 7 heteroatoms. The molecule has 7 nitrogen and oxygen atoms in total. The van der Waals surface area contributed by atoms with Crippen LogP contribution in [0.2, 0.25) is 0 Å². The molecule has 17 heavy (non-hydrogen) atoms. The van der Waals surface area contributed by atoms with Crippen molar-refractivity contribution >= 4 is 11.8 Å². The Morgan fingerprint density at radius 2 is 2.41 bits per heavy atom. The van der Waals surface area contributed by atoms with Gasteiger partial charge < -0.3 is 0 Å². The Hall–Kier alpha value is -2.84. The summed E-state index contributed by atoms with van der Waals surface area (Å²) in [5.74, 6) is 0. The molecular formula is C10H7N5O2. The van der Waals surface area contributed by atoms with Crippen molar-refractivity contribution in [2.45, 2.75) is 0 Å². The minimum atomic E-state index is -0.561. The molecule has 0 atom stereocenters. The van der Waals surface area contributed by atoms with E-state index in [9.17, 15) is 10.1 Å². The summed E-state index contributed by atoms with van der Waals surface area (Å²) >= 11 is 0. The molecule has 0 unspecified atom stereocenters. The van der Waals surface area contributed by atoms with Crippen LogP contribution >= 0.6 is 0 Å². The Labute approximate surface area is 96.4 Å². The summed E-state index contributed by atoms with van der Waals surface area (Å²) in [6, 6.07) is 5.99. The Bertz CT molecular complexity index is 552. The van der Waals surface area contributed by atoms with E-state index < -0.39 is 4.92 Å². The first-order chi connectivity index (χ1) is 8.19. The van der Waals surface area contributed by atoms with Gasteiger partial charge in [-0.2, -0.15) is 5.26 Å². The van der Waals surface area contributed by atoms with Gasteiger partial charge in [0.05, 0.1) is 22.1 Å². The topological polar surface area (TPSA) is 116 Å². The Morgan fingerprint density at radius 1 is 1.65 bits per heavy atom. The van der Waals surface area contributed by atoms with Gasteiger partial charge in [-0.25, -0.2) is 0 Å². The van der Waals surface area contributed by atoms with Crippen LogP contribution in [-0.2, 0) is 0 Å². The van der Waals surface area contributed by atoms with Crippen molar-refractivity contribution in [1.29, 1.82) is 5.26 Å². The fourth-order valence-electron chi connectivity index (χ4n) is 1.18. The second-order valence-electron chi connectivity index (χ2n) is 2.96. The zero-order valence-corrected chi connectivity index (χ0v) is 8.65. The van der Waals surface area contributed by atoms with E-state index in [0.29, 0.717) is 5.56 Å². The lowest BCUT2D eigenvalue weighted by atomic mass is 10.1. The molecular weight excluding hydrogens is 222 g/mol. The fourth-order valence-corrected chi connectivity index (χ4v) is 1.18.